The molecule has 1 aromatic heterocycles. The van der Waals surface area contributed by atoms with Gasteiger partial charge in [-0.3, -0.25) is 9.59 Å². The average Bonchev–Trinajstić information content (AvgIpc) is 3.60. The number of fused-ring (bicyclic) bond motifs is 1. The van der Waals surface area contributed by atoms with Crippen LogP contribution < -0.4 is 9.88 Å². The van der Waals surface area contributed by atoms with Crippen molar-refractivity contribution in [1.29, 1.82) is 0 Å². The monoisotopic (exact) mass is 587 g/mol. The molecule has 2 saturated carbocycles. The van der Waals surface area contributed by atoms with Crippen LogP contribution in [0, 0.1) is 23.7 Å². The van der Waals surface area contributed by atoms with E-state index in [9.17, 15) is 18.0 Å². The highest BCUT2D eigenvalue weighted by Gasteiger charge is 2.45. The molecule has 2 aromatic rings. The van der Waals surface area contributed by atoms with E-state index in [1.165, 1.54) is 18.2 Å². The van der Waals surface area contributed by atoms with Crippen molar-refractivity contribution in [1.82, 2.24) is 9.88 Å². The van der Waals surface area contributed by atoms with Crippen molar-refractivity contribution in [3.05, 3.63) is 52.2 Å². The number of benzene rings is 1. The van der Waals surface area contributed by atoms with E-state index in [1.807, 2.05) is 11.0 Å². The molecule has 1 unspecified atom stereocenters. The number of nitrogens with zero attached hydrogens (tertiary/aromatic N) is 2. The minimum atomic E-state index is -3.96. The van der Waals surface area contributed by atoms with Crippen LogP contribution in [0.4, 0.5) is 0 Å². The van der Waals surface area contributed by atoms with Crippen molar-refractivity contribution >= 4 is 33.3 Å². The molecule has 40 heavy (non-hydrogen) atoms. The lowest BCUT2D eigenvalue weighted by molar-refractivity contribution is 0.0490. The van der Waals surface area contributed by atoms with E-state index in [2.05, 4.69) is 0 Å². The predicted molar refractivity (Wildman–Crippen MR) is 148 cm³/mol. The van der Waals surface area contributed by atoms with Gasteiger partial charge in [0.1, 0.15) is 4.90 Å². The van der Waals surface area contributed by atoms with Crippen molar-refractivity contribution in [3.63, 3.8) is 0 Å². The molecule has 11 heteroatoms. The van der Waals surface area contributed by atoms with E-state index >= 15 is 0 Å². The normalized spacial score (nSPS) is 25.1. The van der Waals surface area contributed by atoms with Crippen molar-refractivity contribution in [2.45, 2.75) is 49.3 Å². The molecule has 214 valence electrons. The van der Waals surface area contributed by atoms with Crippen LogP contribution in [0.15, 0.2) is 35.2 Å². The molecule has 0 bridgehead atoms. The number of ketones is 1. The van der Waals surface area contributed by atoms with Gasteiger partial charge in [-0.25, -0.2) is 18.5 Å². The molecule has 4 aliphatic rings. The Balaban J connectivity index is 1.10. The summed E-state index contributed by atoms with van der Waals surface area (Å²) in [6, 6.07) is 7.85. The zero-order valence-corrected chi connectivity index (χ0v) is 23.8. The Morgan fingerprint density at radius 3 is 2.35 bits per heavy atom. The zero-order valence-electron chi connectivity index (χ0n) is 22.3. The van der Waals surface area contributed by atoms with Crippen molar-refractivity contribution in [2.24, 2.45) is 28.8 Å². The van der Waals surface area contributed by atoms with Crippen molar-refractivity contribution < 1.29 is 27.5 Å². The molecule has 1 amide bonds. The Morgan fingerprint density at radius 1 is 1.02 bits per heavy atom. The highest BCUT2D eigenvalue weighted by Crippen LogP contribution is 2.44. The lowest BCUT2D eigenvalue weighted by Gasteiger charge is -2.22. The van der Waals surface area contributed by atoms with Crippen LogP contribution in [-0.4, -0.2) is 62.9 Å². The molecule has 2 aliphatic carbocycles. The molecule has 2 N–H and O–H groups in total. The summed E-state index contributed by atoms with van der Waals surface area (Å²) in [5.41, 5.74) is 1.94. The summed E-state index contributed by atoms with van der Waals surface area (Å²) in [7, 11) is -3.96. The number of ether oxygens (including phenoxy) is 2. The van der Waals surface area contributed by atoms with Gasteiger partial charge in [-0.2, -0.15) is 0 Å². The standard InChI is InChI=1S/C29H34ClN3O6S/c30-24-11-19(3-4-26(24)40(31,36)37)28(34)20-9-22-14-33(15-23(22)10-20)29(35)21-12-25(18-1-2-18)32-27(13-21)39-16-17-5-7-38-8-6-17/h3-4,11-13,17-18,20,22-23H,1-2,5-10,14-16H2,(H2,31,36,37)/t20?,22-,23+. The Hall–Kier alpha value is -2.53. The summed E-state index contributed by atoms with van der Waals surface area (Å²) < 4.78 is 34.8. The molecule has 3 heterocycles. The van der Waals surface area contributed by atoms with Gasteiger partial charge in [-0.1, -0.05) is 11.6 Å². The molecular formula is C29H34ClN3O6S. The number of nitrogens with two attached hydrogens (primary N) is 1. The van der Waals surface area contributed by atoms with Crippen LogP contribution in [-0.2, 0) is 14.8 Å². The first-order valence-electron chi connectivity index (χ1n) is 14.0. The van der Waals surface area contributed by atoms with E-state index in [4.69, 9.17) is 31.2 Å². The number of pyridine rings is 1. The van der Waals surface area contributed by atoms with E-state index < -0.39 is 10.0 Å². The van der Waals surface area contributed by atoms with Gasteiger partial charge in [0.15, 0.2) is 5.78 Å². The topological polar surface area (TPSA) is 129 Å². The Morgan fingerprint density at radius 2 is 1.73 bits per heavy atom. The largest absolute Gasteiger partial charge is 0.477 e. The minimum Gasteiger partial charge on any atom is -0.477 e. The van der Waals surface area contributed by atoms with Gasteiger partial charge < -0.3 is 14.4 Å². The Kier molecular flexibility index (Phi) is 7.63. The van der Waals surface area contributed by atoms with E-state index in [1.54, 1.807) is 6.07 Å². The first-order valence-corrected chi connectivity index (χ1v) is 16.0. The van der Waals surface area contributed by atoms with Gasteiger partial charge in [0.2, 0.25) is 15.9 Å². The lowest BCUT2D eigenvalue weighted by atomic mass is 9.94. The number of likely N-dealkylation sites (tertiary alicyclic amines) is 1. The second-order valence-electron chi connectivity index (χ2n) is 11.7. The Labute approximate surface area is 239 Å². The molecule has 6 rings (SSSR count). The quantitative estimate of drug-likeness (QED) is 0.461. The van der Waals surface area contributed by atoms with Gasteiger partial charge in [0.05, 0.1) is 11.6 Å². The third-order valence-electron chi connectivity index (χ3n) is 8.80. The van der Waals surface area contributed by atoms with E-state index in [-0.39, 0.29) is 39.4 Å². The second-order valence-corrected chi connectivity index (χ2v) is 13.7. The smallest absolute Gasteiger partial charge is 0.254 e. The molecule has 2 saturated heterocycles. The number of amides is 1. The number of carbonyl (C=O) groups excluding carboxylic acids is 2. The molecular weight excluding hydrogens is 554 g/mol. The van der Waals surface area contributed by atoms with Crippen LogP contribution in [0.3, 0.4) is 0 Å². The number of carbonyl (C=O) groups is 2. The maximum Gasteiger partial charge on any atom is 0.254 e. The predicted octanol–water partition coefficient (Wildman–Crippen LogP) is 4.05. The fourth-order valence-electron chi connectivity index (χ4n) is 6.41. The van der Waals surface area contributed by atoms with Gasteiger partial charge in [0, 0.05) is 61.0 Å². The maximum absolute atomic E-state index is 13.6. The number of rotatable bonds is 8. The number of hydrogen-bond donors (Lipinski definition) is 1. The highest BCUT2D eigenvalue weighted by molar-refractivity contribution is 7.89. The summed E-state index contributed by atoms with van der Waals surface area (Å²) in [5, 5.41) is 5.13. The summed E-state index contributed by atoms with van der Waals surface area (Å²) in [5.74, 6) is 1.60. The van der Waals surface area contributed by atoms with Crippen LogP contribution in [0.25, 0.3) is 0 Å². The number of Topliss-reactive ketones (excluding diaryl/α,β-unsaturated/α-hetero) is 1. The SMILES string of the molecule is NS(=O)(=O)c1ccc(C(=O)C2C[C@@H]3CN(C(=O)c4cc(OCC5CCOCC5)nc(C5CC5)c4)C[C@@H]3C2)cc1Cl. The number of hydrogen-bond acceptors (Lipinski definition) is 7. The van der Waals surface area contributed by atoms with Gasteiger partial charge in [0.25, 0.3) is 5.91 Å². The third-order valence-corrected chi connectivity index (χ3v) is 10.2. The Bertz CT molecular complexity index is 1410. The van der Waals surface area contributed by atoms with E-state index in [0.717, 1.165) is 44.6 Å². The summed E-state index contributed by atoms with van der Waals surface area (Å²) in [4.78, 5) is 33.2. The van der Waals surface area contributed by atoms with Crippen molar-refractivity contribution in [2.75, 3.05) is 32.9 Å². The highest BCUT2D eigenvalue weighted by atomic mass is 35.5. The second kappa shape index (κ2) is 11.0. The zero-order chi connectivity index (χ0) is 28.0. The van der Waals surface area contributed by atoms with Gasteiger partial charge in [-0.15, -0.1) is 0 Å². The first kappa shape index (κ1) is 27.6. The van der Waals surface area contributed by atoms with Crippen molar-refractivity contribution in [3.8, 4) is 5.88 Å². The molecule has 9 nitrogen and oxygen atoms in total. The van der Waals surface area contributed by atoms with Crippen LogP contribution in [0.5, 0.6) is 5.88 Å². The third kappa shape index (κ3) is 5.91. The fraction of sp³-hybridized carbons (Fsp3) is 0.552. The molecule has 3 atom stereocenters. The molecule has 4 fully saturated rings. The van der Waals surface area contributed by atoms with Crippen LogP contribution in [0.1, 0.15) is 70.9 Å². The van der Waals surface area contributed by atoms with E-state index in [0.29, 0.717) is 61.4 Å². The molecule has 2 aliphatic heterocycles. The minimum absolute atomic E-state index is 0.0112. The summed E-state index contributed by atoms with van der Waals surface area (Å²) >= 11 is 6.10. The lowest BCUT2D eigenvalue weighted by Crippen LogP contribution is -2.30. The van der Waals surface area contributed by atoms with Gasteiger partial charge >= 0.3 is 0 Å². The summed E-state index contributed by atoms with van der Waals surface area (Å²) in [6.45, 7) is 3.32. The average molecular weight is 588 g/mol. The van der Waals surface area contributed by atoms with Gasteiger partial charge in [-0.05, 0) is 80.5 Å². The number of sulfonamides is 1. The van der Waals surface area contributed by atoms with Crippen LogP contribution in [0.2, 0.25) is 5.02 Å². The number of aromatic nitrogens is 1. The number of halogens is 1. The van der Waals surface area contributed by atoms with Crippen LogP contribution >= 0.6 is 11.6 Å². The maximum atomic E-state index is 13.6. The first-order chi connectivity index (χ1) is 19.2. The summed E-state index contributed by atoms with van der Waals surface area (Å²) in [6.07, 6.45) is 5.49. The molecule has 0 spiro atoms. The number of primary sulfonamides is 1. The molecule has 1 aromatic carbocycles. The fourth-order valence-corrected chi connectivity index (χ4v) is 7.50. The molecule has 0 radical (unpaired) electrons.